The van der Waals surface area contributed by atoms with Crippen molar-refractivity contribution < 1.29 is 15.0 Å². The number of rotatable bonds is 1. The monoisotopic (exact) mass is 99.0 g/mol. The van der Waals surface area contributed by atoms with Crippen molar-refractivity contribution in [2.75, 3.05) is 0 Å². The average molecular weight is 99.0 g/mol. The van der Waals surface area contributed by atoms with Crippen molar-refractivity contribution in [2.45, 2.75) is 0 Å². The van der Waals surface area contributed by atoms with Gasteiger partial charge in [-0.15, -0.1) is 0 Å². The first kappa shape index (κ1) is 9.66. The molecule has 0 spiro atoms. The van der Waals surface area contributed by atoms with E-state index in [9.17, 15) is 0 Å². The zero-order valence-corrected chi connectivity index (χ0v) is 2.38. The van der Waals surface area contributed by atoms with Gasteiger partial charge in [0.25, 0.3) is 0 Å². The summed E-state index contributed by atoms with van der Waals surface area (Å²) in [7, 11) is 0. The predicted octanol–water partition coefficient (Wildman–Crippen LogP) is -1.04. The number of carboxylic acid groups (broad SMARTS) is 1. The molecule has 6 heavy (non-hydrogen) atoms. The molecule has 0 saturated carbocycles. The first-order valence-corrected chi connectivity index (χ1v) is 0.975. The molecular weight excluding hydrogens is 95.0 g/mol. The molecule has 1 radical (unpaired) electrons. The molecule has 0 aliphatic rings. The Morgan fingerprint density at radius 3 is 1.83 bits per heavy atom. The Labute approximate surface area is 57.3 Å². The van der Waals surface area contributed by atoms with Gasteiger partial charge in [-0.3, -0.25) is 0 Å². The first-order chi connectivity index (χ1) is 2.27. The summed E-state index contributed by atoms with van der Waals surface area (Å²) >= 11 is 0. The number of aliphatic hydroxyl groups is 1. The van der Waals surface area contributed by atoms with Crippen molar-refractivity contribution in [3.05, 3.63) is 6.61 Å². The van der Waals surface area contributed by atoms with Crippen molar-refractivity contribution in [3.8, 4) is 0 Å². The fraction of sp³-hybridized carbons (Fsp3) is 0. The zero-order chi connectivity index (χ0) is 4.28. The van der Waals surface area contributed by atoms with Crippen molar-refractivity contribution in [3.63, 3.8) is 0 Å². The van der Waals surface area contributed by atoms with Crippen LogP contribution in [0.15, 0.2) is 0 Å². The summed E-state index contributed by atoms with van der Waals surface area (Å²) in [6, 6.07) is 0. The second-order valence-corrected chi connectivity index (χ2v) is 0.467. The van der Waals surface area contributed by atoms with E-state index >= 15 is 0 Å². The third kappa shape index (κ3) is 8.83. The number of hydrogen-bond acceptors (Lipinski definition) is 2. The summed E-state index contributed by atoms with van der Waals surface area (Å²) < 4.78 is 0. The topological polar surface area (TPSA) is 57.5 Å². The molecular formula is C2H4NaO3. The fourth-order valence-electron chi connectivity index (χ4n) is 0. The summed E-state index contributed by atoms with van der Waals surface area (Å²) in [5.41, 5.74) is 0. The molecule has 0 atom stereocenters. The molecule has 3 nitrogen and oxygen atoms in total. The molecule has 0 unspecified atom stereocenters. The van der Waals surface area contributed by atoms with Crippen molar-refractivity contribution in [1.29, 1.82) is 0 Å². The minimum absolute atomic E-state index is 0. The van der Waals surface area contributed by atoms with E-state index in [2.05, 4.69) is 0 Å². The van der Waals surface area contributed by atoms with Gasteiger partial charge < -0.3 is 10.2 Å². The summed E-state index contributed by atoms with van der Waals surface area (Å²) in [6.45, 7) is 0.0833. The number of carbonyl (C=O) groups is 1. The Balaban J connectivity index is 0. The van der Waals surface area contributed by atoms with Crippen molar-refractivity contribution in [1.82, 2.24) is 0 Å². The summed E-state index contributed by atoms with van der Waals surface area (Å²) in [6.07, 6.45) is 0. The van der Waals surface area contributed by atoms with Crippen LogP contribution in [0.1, 0.15) is 0 Å². The van der Waals surface area contributed by atoms with Crippen molar-refractivity contribution >= 4 is 35.5 Å². The molecule has 0 bridgehead atoms. The maximum atomic E-state index is 9.06. The minimum atomic E-state index is -1.31. The Kier molecular flexibility index (Phi) is 8.74. The van der Waals surface area contributed by atoms with Crippen LogP contribution >= 0.6 is 0 Å². The molecule has 0 aromatic rings. The number of carboxylic acids is 1. The van der Waals surface area contributed by atoms with Crippen LogP contribution in [0.4, 0.5) is 0 Å². The maximum absolute atomic E-state index is 9.06. The quantitative estimate of drug-likeness (QED) is 0.413. The summed E-state index contributed by atoms with van der Waals surface area (Å²) in [5.74, 6) is -1.31. The van der Waals surface area contributed by atoms with Gasteiger partial charge in [-0.25, -0.2) is 4.79 Å². The average Bonchev–Trinajstić information content (AvgIpc) is 1.38. The molecule has 0 amide bonds. The van der Waals surface area contributed by atoms with Crippen LogP contribution in [0.2, 0.25) is 0 Å². The Morgan fingerprint density at radius 1 is 1.67 bits per heavy atom. The number of aliphatic carboxylic acids is 1. The van der Waals surface area contributed by atoms with E-state index in [0.717, 1.165) is 0 Å². The van der Waals surface area contributed by atoms with Crippen LogP contribution in [0.5, 0.6) is 0 Å². The molecule has 0 heterocycles. The van der Waals surface area contributed by atoms with E-state index in [1.165, 1.54) is 0 Å². The van der Waals surface area contributed by atoms with Crippen LogP contribution in [-0.2, 0) is 4.79 Å². The van der Waals surface area contributed by atoms with Crippen molar-refractivity contribution in [2.24, 2.45) is 0 Å². The van der Waals surface area contributed by atoms with Gasteiger partial charge >= 0.3 is 35.5 Å². The molecule has 0 rings (SSSR count). The van der Waals surface area contributed by atoms with Crippen LogP contribution < -0.4 is 0 Å². The molecule has 4 heteroatoms. The Morgan fingerprint density at radius 2 is 1.83 bits per heavy atom. The molecule has 0 fully saturated rings. The zero-order valence-electron chi connectivity index (χ0n) is 2.38. The Bertz CT molecular complexity index is 44.1. The molecule has 0 saturated heterocycles. The van der Waals surface area contributed by atoms with Crippen LogP contribution in [0.25, 0.3) is 0 Å². The number of hydrogen-bond donors (Lipinski definition) is 2. The first-order valence-electron chi connectivity index (χ1n) is 0.975. The van der Waals surface area contributed by atoms with E-state index in [0.29, 0.717) is 0 Å². The third-order valence-electron chi connectivity index (χ3n) is 0.110. The van der Waals surface area contributed by atoms with Gasteiger partial charge in [-0.05, 0) is 0 Å². The fourth-order valence-corrected chi connectivity index (χ4v) is 0. The predicted molar refractivity (Wildman–Crippen MR) is 21.0 cm³/mol. The molecule has 0 aliphatic carbocycles. The standard InChI is InChI=1S/C2H3O3.Na.H/c3-1-2(4)5;;/h1,3H,(H,4,5);;. The van der Waals surface area contributed by atoms with Crippen LogP contribution in [0, 0.1) is 6.61 Å². The van der Waals surface area contributed by atoms with Crippen LogP contribution in [-0.4, -0.2) is 45.7 Å². The normalized spacial score (nSPS) is 6.17. The summed E-state index contributed by atoms with van der Waals surface area (Å²) in [5, 5.41) is 14.8. The van der Waals surface area contributed by atoms with Crippen LogP contribution in [0.3, 0.4) is 0 Å². The Hall–Kier alpha value is 0.430. The summed E-state index contributed by atoms with van der Waals surface area (Å²) in [4.78, 5) is 9.06. The van der Waals surface area contributed by atoms with Gasteiger partial charge in [0.15, 0.2) is 6.61 Å². The van der Waals surface area contributed by atoms with E-state index in [1.54, 1.807) is 0 Å². The van der Waals surface area contributed by atoms with E-state index in [1.807, 2.05) is 0 Å². The third-order valence-corrected chi connectivity index (χ3v) is 0.110. The van der Waals surface area contributed by atoms with Gasteiger partial charge in [-0.1, -0.05) is 0 Å². The van der Waals surface area contributed by atoms with Gasteiger partial charge in [0.2, 0.25) is 0 Å². The van der Waals surface area contributed by atoms with Gasteiger partial charge in [-0.2, -0.15) is 0 Å². The van der Waals surface area contributed by atoms with E-state index < -0.39 is 5.97 Å². The molecule has 31 valence electrons. The second kappa shape index (κ2) is 5.43. The van der Waals surface area contributed by atoms with Gasteiger partial charge in [0.05, 0.1) is 0 Å². The SMILES string of the molecule is O=C(O)[CH]O.[NaH]. The van der Waals surface area contributed by atoms with E-state index in [4.69, 9.17) is 15.0 Å². The molecule has 0 aromatic heterocycles. The second-order valence-electron chi connectivity index (χ2n) is 0.467. The molecule has 0 aromatic carbocycles. The van der Waals surface area contributed by atoms with Gasteiger partial charge in [0, 0.05) is 0 Å². The molecule has 2 N–H and O–H groups in total. The van der Waals surface area contributed by atoms with E-state index in [-0.39, 0.29) is 36.2 Å². The van der Waals surface area contributed by atoms with Gasteiger partial charge in [0.1, 0.15) is 0 Å². The molecule has 0 aliphatic heterocycles. The number of aliphatic hydroxyl groups excluding tert-OH is 1.